The summed E-state index contributed by atoms with van der Waals surface area (Å²) in [6.07, 6.45) is 4.14. The lowest BCUT2D eigenvalue weighted by molar-refractivity contribution is -0.391. The predicted molar refractivity (Wildman–Crippen MR) is 76.0 cm³/mol. The van der Waals surface area contributed by atoms with Crippen molar-refractivity contribution >= 4 is 23.3 Å². The van der Waals surface area contributed by atoms with Crippen LogP contribution in [0.2, 0.25) is 0 Å². The maximum absolute atomic E-state index is 12.2. The molecule has 1 aliphatic carbocycles. The molecule has 0 spiro atoms. The van der Waals surface area contributed by atoms with Crippen molar-refractivity contribution in [3.05, 3.63) is 27.9 Å². The highest BCUT2D eigenvalue weighted by atomic mass is 35.5. The van der Waals surface area contributed by atoms with Crippen molar-refractivity contribution in [2.45, 2.75) is 31.7 Å². The number of hydrogen-bond acceptors (Lipinski definition) is 3. The van der Waals surface area contributed by atoms with Gasteiger partial charge >= 0.3 is 5.82 Å². The first-order chi connectivity index (χ1) is 9.54. The Balaban J connectivity index is 2.10. The van der Waals surface area contributed by atoms with Crippen molar-refractivity contribution in [2.75, 3.05) is 5.88 Å². The van der Waals surface area contributed by atoms with Crippen LogP contribution in [-0.4, -0.2) is 27.3 Å². The van der Waals surface area contributed by atoms with Crippen LogP contribution in [0.4, 0.5) is 5.82 Å². The van der Waals surface area contributed by atoms with E-state index in [1.807, 2.05) is 0 Å². The number of alkyl halides is 1. The molecule has 1 aromatic rings. The van der Waals surface area contributed by atoms with Crippen LogP contribution in [-0.2, 0) is 7.05 Å². The zero-order chi connectivity index (χ0) is 14.7. The average Bonchev–Trinajstić information content (AvgIpc) is 2.81. The highest BCUT2D eigenvalue weighted by molar-refractivity contribution is 6.18. The lowest BCUT2D eigenvalue weighted by Gasteiger charge is -2.30. The Morgan fingerprint density at radius 2 is 2.20 bits per heavy atom. The molecule has 1 N–H and O–H groups in total. The summed E-state index contributed by atoms with van der Waals surface area (Å²) in [5.41, 5.74) is 0.301. The fraction of sp³-hybridized carbons (Fsp3) is 0.615. The van der Waals surface area contributed by atoms with Crippen molar-refractivity contribution < 1.29 is 9.72 Å². The standard InChI is InChI=1S/C13H18ClN3O3/c1-16-11(6-7-12(16)17(19)20)13(18)15-10-5-3-2-4-9(10)8-14/h6-7,9-10H,2-5,8H2,1H3,(H,15,18). The van der Waals surface area contributed by atoms with E-state index in [1.165, 1.54) is 23.7 Å². The van der Waals surface area contributed by atoms with Gasteiger partial charge in [0.2, 0.25) is 0 Å². The van der Waals surface area contributed by atoms with Gasteiger partial charge in [0.05, 0.1) is 7.05 Å². The first-order valence-electron chi connectivity index (χ1n) is 6.71. The van der Waals surface area contributed by atoms with E-state index in [4.69, 9.17) is 11.6 Å². The van der Waals surface area contributed by atoms with Gasteiger partial charge in [0.15, 0.2) is 5.69 Å². The molecule has 1 fully saturated rings. The lowest BCUT2D eigenvalue weighted by Crippen LogP contribution is -2.43. The van der Waals surface area contributed by atoms with E-state index < -0.39 is 4.92 Å². The van der Waals surface area contributed by atoms with Gasteiger partial charge in [0.25, 0.3) is 5.91 Å². The third-order valence-electron chi connectivity index (χ3n) is 3.94. The lowest BCUT2D eigenvalue weighted by atomic mass is 9.85. The normalized spacial score (nSPS) is 22.5. The topological polar surface area (TPSA) is 77.2 Å². The number of halogens is 1. The molecule has 0 saturated heterocycles. The number of aromatic nitrogens is 1. The molecular formula is C13H18ClN3O3. The third kappa shape index (κ3) is 2.95. The van der Waals surface area contributed by atoms with Gasteiger partial charge in [-0.1, -0.05) is 12.8 Å². The molecule has 6 nitrogen and oxygen atoms in total. The summed E-state index contributed by atoms with van der Waals surface area (Å²) in [4.78, 5) is 22.5. The summed E-state index contributed by atoms with van der Waals surface area (Å²) in [6, 6.07) is 2.88. The second-order valence-corrected chi connectivity index (χ2v) is 5.48. The van der Waals surface area contributed by atoms with Crippen molar-refractivity contribution in [1.82, 2.24) is 9.88 Å². The Hall–Kier alpha value is -1.56. The van der Waals surface area contributed by atoms with Crippen molar-refractivity contribution in [3.8, 4) is 0 Å². The molecule has 0 radical (unpaired) electrons. The molecule has 2 unspecified atom stereocenters. The van der Waals surface area contributed by atoms with Crippen LogP contribution >= 0.6 is 11.6 Å². The molecule has 110 valence electrons. The van der Waals surface area contributed by atoms with Crippen molar-refractivity contribution in [3.63, 3.8) is 0 Å². The van der Waals surface area contributed by atoms with Crippen LogP contribution in [0.1, 0.15) is 36.2 Å². The van der Waals surface area contributed by atoms with Gasteiger partial charge in [-0.3, -0.25) is 4.79 Å². The van der Waals surface area contributed by atoms with Gasteiger partial charge in [-0.15, -0.1) is 11.6 Å². The molecule has 20 heavy (non-hydrogen) atoms. The van der Waals surface area contributed by atoms with E-state index in [1.54, 1.807) is 0 Å². The molecule has 1 saturated carbocycles. The fourth-order valence-electron chi connectivity index (χ4n) is 2.74. The number of nitrogens with zero attached hydrogens (tertiary/aromatic N) is 2. The van der Waals surface area contributed by atoms with Gasteiger partial charge < -0.3 is 15.4 Å². The molecule has 1 aromatic heterocycles. The summed E-state index contributed by atoms with van der Waals surface area (Å²) in [6.45, 7) is 0. The molecule has 1 aliphatic rings. The van der Waals surface area contributed by atoms with Crippen LogP contribution < -0.4 is 5.32 Å². The van der Waals surface area contributed by atoms with Gasteiger partial charge in [-0.2, -0.15) is 0 Å². The minimum Gasteiger partial charge on any atom is -0.358 e. The number of nitrogens with one attached hydrogen (secondary N) is 1. The van der Waals surface area contributed by atoms with Gasteiger partial charge in [-0.05, 0) is 29.7 Å². The number of nitro groups is 1. The minimum atomic E-state index is -0.501. The van der Waals surface area contributed by atoms with E-state index in [2.05, 4.69) is 5.32 Å². The van der Waals surface area contributed by atoms with Crippen LogP contribution in [0, 0.1) is 16.0 Å². The van der Waals surface area contributed by atoms with Crippen LogP contribution in [0.5, 0.6) is 0 Å². The molecule has 0 bridgehead atoms. The van der Waals surface area contributed by atoms with Gasteiger partial charge in [-0.25, -0.2) is 4.57 Å². The van der Waals surface area contributed by atoms with Crippen molar-refractivity contribution in [2.24, 2.45) is 13.0 Å². The van der Waals surface area contributed by atoms with Gasteiger partial charge in [0.1, 0.15) is 0 Å². The van der Waals surface area contributed by atoms with Gasteiger partial charge in [0, 0.05) is 18.0 Å². The number of rotatable bonds is 4. The summed E-state index contributed by atoms with van der Waals surface area (Å²) < 4.78 is 1.30. The number of amides is 1. The predicted octanol–water partition coefficient (Wildman–Crippen LogP) is 2.46. The maximum Gasteiger partial charge on any atom is 0.323 e. The smallest absolute Gasteiger partial charge is 0.323 e. The largest absolute Gasteiger partial charge is 0.358 e. The molecule has 7 heteroatoms. The Bertz CT molecular complexity index is 515. The average molecular weight is 300 g/mol. The summed E-state index contributed by atoms with van der Waals surface area (Å²) in [7, 11) is 1.52. The second kappa shape index (κ2) is 6.26. The highest BCUT2D eigenvalue weighted by Gasteiger charge is 2.28. The fourth-order valence-corrected chi connectivity index (χ4v) is 3.11. The molecule has 2 rings (SSSR count). The summed E-state index contributed by atoms with van der Waals surface area (Å²) in [5.74, 6) is 0.443. The molecule has 0 aliphatic heterocycles. The van der Waals surface area contributed by atoms with Crippen molar-refractivity contribution in [1.29, 1.82) is 0 Å². The Morgan fingerprint density at radius 1 is 1.50 bits per heavy atom. The van der Waals surface area contributed by atoms with E-state index in [9.17, 15) is 14.9 Å². The van der Waals surface area contributed by atoms with Crippen LogP contribution in [0.3, 0.4) is 0 Å². The van der Waals surface area contributed by atoms with E-state index in [0.717, 1.165) is 25.7 Å². The first-order valence-corrected chi connectivity index (χ1v) is 7.25. The summed E-state index contributed by atoms with van der Waals surface area (Å²) in [5, 5.41) is 13.7. The van der Waals surface area contributed by atoms with E-state index >= 15 is 0 Å². The SMILES string of the molecule is Cn1c(C(=O)NC2CCCCC2CCl)ccc1[N+](=O)[O-]. The van der Waals surface area contributed by atoms with Crippen LogP contribution in [0.25, 0.3) is 0 Å². The minimum absolute atomic E-state index is 0.0581. The Kier molecular flexibility index (Phi) is 4.65. The Morgan fingerprint density at radius 3 is 2.80 bits per heavy atom. The van der Waals surface area contributed by atoms with E-state index in [-0.39, 0.29) is 23.7 Å². The highest BCUT2D eigenvalue weighted by Crippen LogP contribution is 2.26. The number of hydrogen-bond donors (Lipinski definition) is 1. The molecular weight excluding hydrogens is 282 g/mol. The van der Waals surface area contributed by atoms with E-state index in [0.29, 0.717) is 11.6 Å². The monoisotopic (exact) mass is 299 g/mol. The Labute approximate surface area is 122 Å². The van der Waals surface area contributed by atoms with Crippen LogP contribution in [0.15, 0.2) is 12.1 Å². The number of carbonyl (C=O) groups is 1. The zero-order valence-electron chi connectivity index (χ0n) is 11.3. The second-order valence-electron chi connectivity index (χ2n) is 5.17. The third-order valence-corrected chi connectivity index (χ3v) is 4.34. The maximum atomic E-state index is 12.2. The zero-order valence-corrected chi connectivity index (χ0v) is 12.1. The first kappa shape index (κ1) is 14.8. The molecule has 2 atom stereocenters. The quantitative estimate of drug-likeness (QED) is 0.527. The molecule has 0 aromatic carbocycles. The summed E-state index contributed by atoms with van der Waals surface area (Å²) >= 11 is 5.94. The molecule has 1 amide bonds. The number of carbonyl (C=O) groups excluding carboxylic acids is 1. The molecule has 1 heterocycles.